The monoisotopic (exact) mass is 593 g/mol. The van der Waals surface area contributed by atoms with Gasteiger partial charge in [-0.2, -0.15) is 5.10 Å². The van der Waals surface area contributed by atoms with Crippen molar-refractivity contribution in [2.24, 2.45) is 22.9 Å². The summed E-state index contributed by atoms with van der Waals surface area (Å²) < 4.78 is 11.2. The van der Waals surface area contributed by atoms with Crippen LogP contribution in [0, 0.1) is 17.8 Å². The number of aromatic hydroxyl groups is 1. The van der Waals surface area contributed by atoms with Gasteiger partial charge in [-0.15, -0.1) is 0 Å². The third kappa shape index (κ3) is 4.97. The molecule has 2 N–H and O–H groups in total. The quantitative estimate of drug-likeness (QED) is 0.294. The van der Waals surface area contributed by atoms with Gasteiger partial charge in [0.15, 0.2) is 5.78 Å². The molecular formula is C35H35N3O6. The molecule has 1 aliphatic carbocycles. The second-order valence-corrected chi connectivity index (χ2v) is 11.2. The van der Waals surface area contributed by atoms with Gasteiger partial charge in [0.2, 0.25) is 0 Å². The average molecular weight is 594 g/mol. The Kier molecular flexibility index (Phi) is 8.05. The highest BCUT2D eigenvalue weighted by Crippen LogP contribution is 2.54. The Bertz CT molecular complexity index is 1620. The van der Waals surface area contributed by atoms with Crippen molar-refractivity contribution in [1.82, 2.24) is 5.32 Å². The SMILES string of the molecule is CCOC(=O)[C@@H]1C(=O)C2=C([C@H](C(=O)OCC)[C@@H]1c1ccccc1)[C@@H]1C(C)=NN(c3ccccc3)[C@@H]1N[C@H]2c1ccc(O)cc1. The molecule has 0 unspecified atom stereocenters. The highest BCUT2D eigenvalue weighted by molar-refractivity contribution is 6.14. The lowest BCUT2D eigenvalue weighted by atomic mass is 9.59. The number of phenolic OH excluding ortho intramolecular Hbond substituents is 1. The molecule has 9 nitrogen and oxygen atoms in total. The minimum atomic E-state index is -1.27. The lowest BCUT2D eigenvalue weighted by Gasteiger charge is -2.47. The van der Waals surface area contributed by atoms with Crippen molar-refractivity contribution >= 4 is 29.1 Å². The number of Topliss-reactive ketones (excluding diaryl/α,β-unsaturated/α-hetero) is 1. The first-order valence-corrected chi connectivity index (χ1v) is 15.0. The third-order valence-electron chi connectivity index (χ3n) is 8.68. The number of anilines is 1. The maximum atomic E-state index is 14.8. The second kappa shape index (κ2) is 12.1. The number of rotatable bonds is 7. The normalized spacial score (nSPS) is 26.0. The van der Waals surface area contributed by atoms with Crippen LogP contribution >= 0.6 is 0 Å². The molecule has 0 saturated carbocycles. The molecule has 0 bridgehead atoms. The molecule has 3 aromatic rings. The molecular weight excluding hydrogens is 558 g/mol. The summed E-state index contributed by atoms with van der Waals surface area (Å²) in [5.74, 6) is -5.06. The van der Waals surface area contributed by atoms with Gasteiger partial charge in [0.1, 0.15) is 17.8 Å². The molecule has 0 fully saturated rings. The first kappa shape index (κ1) is 29.3. The van der Waals surface area contributed by atoms with Crippen molar-refractivity contribution in [3.8, 4) is 5.75 Å². The largest absolute Gasteiger partial charge is 0.508 e. The van der Waals surface area contributed by atoms with Gasteiger partial charge in [-0.1, -0.05) is 60.7 Å². The van der Waals surface area contributed by atoms with Crippen LogP contribution in [0.1, 0.15) is 43.9 Å². The highest BCUT2D eigenvalue weighted by Gasteiger charge is 2.59. The van der Waals surface area contributed by atoms with Crippen molar-refractivity contribution < 1.29 is 29.0 Å². The van der Waals surface area contributed by atoms with E-state index < -0.39 is 53.6 Å². The van der Waals surface area contributed by atoms with Gasteiger partial charge in [0.25, 0.3) is 0 Å². The van der Waals surface area contributed by atoms with Crippen LogP contribution < -0.4 is 10.3 Å². The molecule has 6 rings (SSSR count). The molecule has 0 spiro atoms. The van der Waals surface area contributed by atoms with E-state index in [0.717, 1.165) is 11.4 Å². The number of ether oxygens (including phenoxy) is 2. The Morgan fingerprint density at radius 1 is 0.841 bits per heavy atom. The first-order chi connectivity index (χ1) is 21.3. The molecule has 0 radical (unpaired) electrons. The van der Waals surface area contributed by atoms with E-state index in [0.29, 0.717) is 22.3 Å². The van der Waals surface area contributed by atoms with Crippen molar-refractivity contribution in [1.29, 1.82) is 0 Å². The standard InChI is InChI=1S/C35H35N3O6/c1-4-43-34(41)28-26(21-12-8-6-9-13-21)30(35(42)44-5-2)32(40)29-27(28)25-20(3)37-38(23-14-10-7-11-15-23)33(25)36-31(29)22-16-18-24(39)19-17-22/h6-19,25-26,28,30-31,33,36,39H,4-5H2,1-3H3/t25-,26-,28+,30-,31-,33-/m0/s1. The highest BCUT2D eigenvalue weighted by atomic mass is 16.5. The Morgan fingerprint density at radius 3 is 2.05 bits per heavy atom. The van der Waals surface area contributed by atoms with Gasteiger partial charge in [-0.05, 0) is 61.7 Å². The van der Waals surface area contributed by atoms with E-state index in [4.69, 9.17) is 14.6 Å². The summed E-state index contributed by atoms with van der Waals surface area (Å²) in [6, 6.07) is 24.8. The summed E-state index contributed by atoms with van der Waals surface area (Å²) in [6.07, 6.45) is -0.449. The molecule has 0 amide bonds. The van der Waals surface area contributed by atoms with Gasteiger partial charge in [-0.25, -0.2) is 5.01 Å². The number of hydrazone groups is 1. The van der Waals surface area contributed by atoms with Gasteiger partial charge < -0.3 is 14.6 Å². The van der Waals surface area contributed by atoms with E-state index in [9.17, 15) is 19.5 Å². The van der Waals surface area contributed by atoms with Crippen LogP contribution in [0.25, 0.3) is 0 Å². The van der Waals surface area contributed by atoms with Gasteiger partial charge in [0, 0.05) is 17.2 Å². The van der Waals surface area contributed by atoms with Crippen LogP contribution in [0.2, 0.25) is 0 Å². The molecule has 2 heterocycles. The molecule has 0 aromatic heterocycles. The minimum Gasteiger partial charge on any atom is -0.508 e. The van der Waals surface area contributed by atoms with E-state index >= 15 is 0 Å². The predicted octanol–water partition coefficient (Wildman–Crippen LogP) is 4.90. The fraction of sp³-hybridized carbons (Fsp3) is 0.314. The molecule has 44 heavy (non-hydrogen) atoms. The number of hydrogen-bond acceptors (Lipinski definition) is 9. The van der Waals surface area contributed by atoms with E-state index in [1.165, 1.54) is 0 Å². The zero-order valence-electron chi connectivity index (χ0n) is 24.8. The van der Waals surface area contributed by atoms with Crippen LogP contribution in [0.4, 0.5) is 5.69 Å². The lowest BCUT2D eigenvalue weighted by Crippen LogP contribution is -2.57. The van der Waals surface area contributed by atoms with Gasteiger partial charge in [-0.3, -0.25) is 19.7 Å². The fourth-order valence-corrected chi connectivity index (χ4v) is 6.96. The number of nitrogens with one attached hydrogen (secondary N) is 1. The molecule has 226 valence electrons. The van der Waals surface area contributed by atoms with E-state index in [1.807, 2.05) is 72.6 Å². The summed E-state index contributed by atoms with van der Waals surface area (Å²) in [5, 5.41) is 20.5. The number of nitrogens with zero attached hydrogens (tertiary/aromatic N) is 2. The Labute approximate surface area is 256 Å². The van der Waals surface area contributed by atoms with Crippen molar-refractivity contribution in [2.45, 2.75) is 38.9 Å². The van der Waals surface area contributed by atoms with E-state index in [-0.39, 0.29) is 19.0 Å². The topological polar surface area (TPSA) is 118 Å². The zero-order valence-corrected chi connectivity index (χ0v) is 24.8. The second-order valence-electron chi connectivity index (χ2n) is 11.2. The number of hydrogen-bond donors (Lipinski definition) is 2. The van der Waals surface area contributed by atoms with Crippen molar-refractivity contribution in [3.63, 3.8) is 0 Å². The molecule has 2 aliphatic heterocycles. The number of carbonyl (C=O) groups excluding carboxylic acids is 3. The number of benzene rings is 3. The molecule has 9 heteroatoms. The number of para-hydroxylation sites is 1. The van der Waals surface area contributed by atoms with Crippen LogP contribution in [-0.4, -0.2) is 47.9 Å². The Hall–Kier alpha value is -4.76. The summed E-state index contributed by atoms with van der Waals surface area (Å²) in [7, 11) is 0. The smallest absolute Gasteiger partial charge is 0.317 e. The fourth-order valence-electron chi connectivity index (χ4n) is 6.96. The zero-order chi connectivity index (χ0) is 31.0. The lowest BCUT2D eigenvalue weighted by molar-refractivity contribution is -0.156. The summed E-state index contributed by atoms with van der Waals surface area (Å²) in [6.45, 7) is 5.55. The van der Waals surface area contributed by atoms with Gasteiger partial charge in [0.05, 0.1) is 36.8 Å². The number of fused-ring (bicyclic) bond motifs is 2. The molecule has 3 aliphatic rings. The average Bonchev–Trinajstić information content (AvgIpc) is 3.37. The Balaban J connectivity index is 1.63. The number of carbonyl (C=O) groups is 3. The molecule has 0 saturated heterocycles. The minimum absolute atomic E-state index is 0.0792. The van der Waals surface area contributed by atoms with Crippen LogP contribution in [0.3, 0.4) is 0 Å². The van der Waals surface area contributed by atoms with Gasteiger partial charge >= 0.3 is 11.9 Å². The van der Waals surface area contributed by atoms with E-state index in [1.54, 1.807) is 38.1 Å². The first-order valence-electron chi connectivity index (χ1n) is 15.0. The molecule has 3 aromatic carbocycles. The van der Waals surface area contributed by atoms with Crippen LogP contribution in [0.15, 0.2) is 101 Å². The summed E-state index contributed by atoms with van der Waals surface area (Å²) in [4.78, 5) is 42.7. The predicted molar refractivity (Wildman–Crippen MR) is 165 cm³/mol. The van der Waals surface area contributed by atoms with Crippen LogP contribution in [0.5, 0.6) is 5.75 Å². The number of phenols is 1. The summed E-state index contributed by atoms with van der Waals surface area (Å²) in [5.41, 5.74) is 3.88. The van der Waals surface area contributed by atoms with E-state index in [2.05, 4.69) is 5.32 Å². The van der Waals surface area contributed by atoms with Crippen molar-refractivity contribution in [2.75, 3.05) is 18.2 Å². The molecule has 6 atom stereocenters. The Morgan fingerprint density at radius 2 is 1.43 bits per heavy atom. The summed E-state index contributed by atoms with van der Waals surface area (Å²) >= 11 is 0. The maximum absolute atomic E-state index is 14.8. The number of ketones is 1. The van der Waals surface area contributed by atoms with Crippen LogP contribution in [-0.2, 0) is 23.9 Å². The third-order valence-corrected chi connectivity index (χ3v) is 8.68. The number of esters is 2. The maximum Gasteiger partial charge on any atom is 0.317 e. The van der Waals surface area contributed by atoms with Crippen molar-refractivity contribution in [3.05, 3.63) is 107 Å².